The van der Waals surface area contributed by atoms with Gasteiger partial charge in [-0.2, -0.15) is 5.11 Å². The van der Waals surface area contributed by atoms with Gasteiger partial charge in [0.25, 0.3) is 0 Å². The SMILES string of the molecule is COc1ccc(N=Nc2c(N3CCOCC3)nn3ccccc23)cc1. The van der Waals surface area contributed by atoms with Crippen LogP contribution in [0.1, 0.15) is 0 Å². The molecular weight excluding hydrogens is 318 g/mol. The molecule has 7 nitrogen and oxygen atoms in total. The zero-order chi connectivity index (χ0) is 17.1. The van der Waals surface area contributed by atoms with Gasteiger partial charge in [0.2, 0.25) is 0 Å². The lowest BCUT2D eigenvalue weighted by atomic mass is 10.3. The van der Waals surface area contributed by atoms with E-state index in [9.17, 15) is 0 Å². The molecule has 3 heterocycles. The Labute approximate surface area is 145 Å². The molecule has 0 saturated carbocycles. The first kappa shape index (κ1) is 15.6. The van der Waals surface area contributed by atoms with Crippen molar-refractivity contribution in [3.05, 3.63) is 48.7 Å². The topological polar surface area (TPSA) is 63.7 Å². The van der Waals surface area contributed by atoms with Crippen LogP contribution in [-0.2, 0) is 4.74 Å². The van der Waals surface area contributed by atoms with E-state index in [4.69, 9.17) is 9.47 Å². The first-order chi connectivity index (χ1) is 12.3. The van der Waals surface area contributed by atoms with Crippen molar-refractivity contribution < 1.29 is 9.47 Å². The lowest BCUT2D eigenvalue weighted by Gasteiger charge is -2.26. The second kappa shape index (κ2) is 6.90. The van der Waals surface area contributed by atoms with Crippen molar-refractivity contribution in [2.24, 2.45) is 10.2 Å². The van der Waals surface area contributed by atoms with E-state index in [2.05, 4.69) is 20.2 Å². The fourth-order valence-corrected chi connectivity index (χ4v) is 2.81. The molecule has 1 saturated heterocycles. The third kappa shape index (κ3) is 3.18. The minimum absolute atomic E-state index is 0.697. The minimum atomic E-state index is 0.697. The summed E-state index contributed by atoms with van der Waals surface area (Å²) in [5.74, 6) is 1.63. The molecule has 1 aliphatic rings. The summed E-state index contributed by atoms with van der Waals surface area (Å²) in [6, 6.07) is 13.4. The van der Waals surface area contributed by atoms with Crippen molar-refractivity contribution in [2.45, 2.75) is 0 Å². The lowest BCUT2D eigenvalue weighted by Crippen LogP contribution is -2.36. The molecule has 0 aliphatic carbocycles. The summed E-state index contributed by atoms with van der Waals surface area (Å²) in [6.45, 7) is 3.00. The number of aromatic nitrogens is 2. The molecule has 2 aromatic heterocycles. The molecule has 0 radical (unpaired) electrons. The van der Waals surface area contributed by atoms with Crippen molar-refractivity contribution in [1.82, 2.24) is 9.61 Å². The molecule has 0 amide bonds. The zero-order valence-corrected chi connectivity index (χ0v) is 14.0. The Morgan fingerprint density at radius 3 is 2.60 bits per heavy atom. The smallest absolute Gasteiger partial charge is 0.179 e. The Bertz CT molecular complexity index is 882. The van der Waals surface area contributed by atoms with Crippen LogP contribution in [0.15, 0.2) is 58.9 Å². The average molecular weight is 337 g/mol. The summed E-state index contributed by atoms with van der Waals surface area (Å²) < 4.78 is 12.5. The van der Waals surface area contributed by atoms with E-state index < -0.39 is 0 Å². The van der Waals surface area contributed by atoms with Crippen LogP contribution in [-0.4, -0.2) is 43.0 Å². The number of azo groups is 1. The van der Waals surface area contributed by atoms with Crippen molar-refractivity contribution >= 4 is 22.7 Å². The highest BCUT2D eigenvalue weighted by atomic mass is 16.5. The average Bonchev–Trinajstić information content (AvgIpc) is 3.06. The van der Waals surface area contributed by atoms with E-state index >= 15 is 0 Å². The van der Waals surface area contributed by atoms with Gasteiger partial charge in [0, 0.05) is 19.3 Å². The maximum atomic E-state index is 5.44. The monoisotopic (exact) mass is 337 g/mol. The quantitative estimate of drug-likeness (QED) is 0.683. The number of methoxy groups -OCH3 is 1. The van der Waals surface area contributed by atoms with Gasteiger partial charge >= 0.3 is 0 Å². The van der Waals surface area contributed by atoms with Crippen LogP contribution >= 0.6 is 0 Å². The second-order valence-corrected chi connectivity index (χ2v) is 5.70. The van der Waals surface area contributed by atoms with E-state index in [1.165, 1.54) is 0 Å². The molecule has 0 unspecified atom stereocenters. The maximum absolute atomic E-state index is 5.44. The lowest BCUT2D eigenvalue weighted by molar-refractivity contribution is 0.122. The number of nitrogens with zero attached hydrogens (tertiary/aromatic N) is 5. The van der Waals surface area contributed by atoms with E-state index in [0.29, 0.717) is 13.2 Å². The number of ether oxygens (including phenoxy) is 2. The number of hydrogen-bond acceptors (Lipinski definition) is 6. The Balaban J connectivity index is 1.72. The molecule has 1 aromatic carbocycles. The van der Waals surface area contributed by atoms with Gasteiger partial charge in [-0.25, -0.2) is 4.52 Å². The third-order valence-corrected chi connectivity index (χ3v) is 4.14. The number of pyridine rings is 1. The Kier molecular flexibility index (Phi) is 4.30. The molecule has 128 valence electrons. The number of fused-ring (bicyclic) bond motifs is 1. The second-order valence-electron chi connectivity index (χ2n) is 5.70. The normalized spacial score (nSPS) is 15.2. The molecule has 0 bridgehead atoms. The van der Waals surface area contributed by atoms with Crippen LogP contribution in [0.5, 0.6) is 5.75 Å². The first-order valence-corrected chi connectivity index (χ1v) is 8.21. The van der Waals surface area contributed by atoms with Gasteiger partial charge in [-0.05, 0) is 36.4 Å². The minimum Gasteiger partial charge on any atom is -0.497 e. The highest BCUT2D eigenvalue weighted by Crippen LogP contribution is 2.34. The fourth-order valence-electron chi connectivity index (χ4n) is 2.81. The van der Waals surface area contributed by atoms with Crippen molar-refractivity contribution in [3.63, 3.8) is 0 Å². The van der Waals surface area contributed by atoms with Crippen molar-refractivity contribution in [2.75, 3.05) is 38.3 Å². The van der Waals surface area contributed by atoms with Crippen LogP contribution < -0.4 is 9.64 Å². The van der Waals surface area contributed by atoms with Gasteiger partial charge in [0.05, 0.1) is 31.5 Å². The highest BCUT2D eigenvalue weighted by Gasteiger charge is 2.20. The summed E-state index contributed by atoms with van der Waals surface area (Å²) in [4.78, 5) is 2.19. The van der Waals surface area contributed by atoms with E-state index in [0.717, 1.165) is 41.5 Å². The van der Waals surface area contributed by atoms with Crippen LogP contribution in [0, 0.1) is 0 Å². The van der Waals surface area contributed by atoms with Crippen LogP contribution in [0.4, 0.5) is 17.2 Å². The molecule has 0 N–H and O–H groups in total. The Morgan fingerprint density at radius 1 is 1.04 bits per heavy atom. The van der Waals surface area contributed by atoms with Crippen LogP contribution in [0.2, 0.25) is 0 Å². The molecule has 3 aromatic rings. The first-order valence-electron chi connectivity index (χ1n) is 8.21. The number of rotatable bonds is 4. The van der Waals surface area contributed by atoms with Gasteiger partial charge in [0.15, 0.2) is 11.5 Å². The molecule has 4 rings (SSSR count). The van der Waals surface area contributed by atoms with Crippen LogP contribution in [0.3, 0.4) is 0 Å². The molecule has 25 heavy (non-hydrogen) atoms. The largest absolute Gasteiger partial charge is 0.497 e. The van der Waals surface area contributed by atoms with E-state index in [1.54, 1.807) is 7.11 Å². The fraction of sp³-hybridized carbons (Fsp3) is 0.278. The summed E-state index contributed by atoms with van der Waals surface area (Å²) in [6.07, 6.45) is 1.92. The van der Waals surface area contributed by atoms with Gasteiger partial charge in [-0.15, -0.1) is 10.2 Å². The summed E-state index contributed by atoms with van der Waals surface area (Å²) in [5.41, 5.74) is 2.48. The standard InChI is InChI=1S/C18H19N5O2/c1-24-15-7-5-14(6-8-15)19-20-17-16-4-2-3-9-23(16)21-18(17)22-10-12-25-13-11-22/h2-9H,10-13H2,1H3. The number of benzene rings is 1. The maximum Gasteiger partial charge on any atom is 0.179 e. The molecule has 1 fully saturated rings. The van der Waals surface area contributed by atoms with E-state index in [-0.39, 0.29) is 0 Å². The van der Waals surface area contributed by atoms with Gasteiger partial charge in [-0.1, -0.05) is 6.07 Å². The summed E-state index contributed by atoms with van der Waals surface area (Å²) >= 11 is 0. The molecule has 0 atom stereocenters. The summed E-state index contributed by atoms with van der Waals surface area (Å²) in [7, 11) is 1.64. The van der Waals surface area contributed by atoms with Gasteiger partial charge in [-0.3, -0.25) is 0 Å². The Morgan fingerprint density at radius 2 is 1.84 bits per heavy atom. The predicted octanol–water partition coefficient (Wildman–Crippen LogP) is 3.59. The summed E-state index contributed by atoms with van der Waals surface area (Å²) in [5, 5.41) is 13.6. The number of anilines is 1. The highest BCUT2D eigenvalue weighted by molar-refractivity contribution is 5.80. The number of hydrogen-bond donors (Lipinski definition) is 0. The van der Waals surface area contributed by atoms with E-state index in [1.807, 2.05) is 53.2 Å². The Hall–Kier alpha value is -2.93. The molecule has 1 aliphatic heterocycles. The molecule has 0 spiro atoms. The molecular formula is C18H19N5O2. The van der Waals surface area contributed by atoms with Crippen molar-refractivity contribution in [3.8, 4) is 5.75 Å². The molecule has 7 heteroatoms. The zero-order valence-electron chi connectivity index (χ0n) is 14.0. The number of morpholine rings is 1. The third-order valence-electron chi connectivity index (χ3n) is 4.14. The predicted molar refractivity (Wildman–Crippen MR) is 95.4 cm³/mol. The van der Waals surface area contributed by atoms with Crippen LogP contribution in [0.25, 0.3) is 5.52 Å². The van der Waals surface area contributed by atoms with Gasteiger partial charge in [0.1, 0.15) is 5.75 Å². The van der Waals surface area contributed by atoms with Gasteiger partial charge < -0.3 is 14.4 Å². The van der Waals surface area contributed by atoms with Crippen molar-refractivity contribution in [1.29, 1.82) is 0 Å².